The zero-order chi connectivity index (χ0) is 39.5. The minimum Gasteiger partial charge on any atom is -0.396 e. The van der Waals surface area contributed by atoms with Crippen LogP contribution < -0.4 is 0 Å². The first kappa shape index (κ1) is 42.8. The molecule has 19 atom stereocenters. The maximum Gasteiger partial charge on any atom is 0.186 e. The van der Waals surface area contributed by atoms with Gasteiger partial charge in [-0.3, -0.25) is 0 Å². The molecule has 2 aliphatic heterocycles. The molecule has 0 aromatic heterocycles. The predicted molar refractivity (Wildman–Crippen MR) is 196 cm³/mol. The first-order valence-corrected chi connectivity index (χ1v) is 20.6. The van der Waals surface area contributed by atoms with Gasteiger partial charge in [-0.1, -0.05) is 39.3 Å². The van der Waals surface area contributed by atoms with Crippen LogP contribution in [0.5, 0.6) is 0 Å². The SMILES string of the molecule is CC(C)=CCCC(O[C@@H]1O[C@H](CO)[C@@H](O)[C@H](O)[C@H]1O)C1CCC2(C)C1CCC1C3(CO)CCC(O[C@@H]4O[C@H](CO)[C@@H](O)[C@H](O)[C@H]4O)C(C)(C)C3CCC12C. The van der Waals surface area contributed by atoms with Crippen molar-refractivity contribution >= 4 is 0 Å². The van der Waals surface area contributed by atoms with Crippen LogP contribution in [0.2, 0.25) is 0 Å². The molecule has 2 saturated heterocycles. The summed E-state index contributed by atoms with van der Waals surface area (Å²) in [5.41, 5.74) is 0.279. The van der Waals surface area contributed by atoms with E-state index in [1.807, 2.05) is 0 Å². The zero-order valence-corrected chi connectivity index (χ0v) is 33.2. The Morgan fingerprint density at radius 1 is 0.685 bits per heavy atom. The van der Waals surface area contributed by atoms with Crippen molar-refractivity contribution in [2.75, 3.05) is 19.8 Å². The van der Waals surface area contributed by atoms with Gasteiger partial charge in [-0.15, -0.1) is 0 Å². The molecule has 0 spiro atoms. The largest absolute Gasteiger partial charge is 0.396 e. The number of hydrogen-bond donors (Lipinski definition) is 9. The van der Waals surface area contributed by atoms with Crippen molar-refractivity contribution in [2.45, 2.75) is 179 Å². The minimum absolute atomic E-state index is 0.0594. The Morgan fingerprint density at radius 2 is 1.28 bits per heavy atom. The summed E-state index contributed by atoms with van der Waals surface area (Å²) in [6.07, 6.45) is -3.30. The van der Waals surface area contributed by atoms with Crippen LogP contribution in [-0.2, 0) is 18.9 Å². The molecule has 13 heteroatoms. The van der Waals surface area contributed by atoms with E-state index in [0.29, 0.717) is 18.8 Å². The van der Waals surface area contributed by atoms with E-state index in [1.165, 1.54) is 5.57 Å². The Balaban J connectivity index is 1.23. The monoisotopic (exact) mass is 770 g/mol. The van der Waals surface area contributed by atoms with E-state index in [1.54, 1.807) is 0 Å². The number of fused-ring (bicyclic) bond motifs is 5. The molecule has 6 aliphatic rings. The molecule has 4 saturated carbocycles. The third kappa shape index (κ3) is 6.96. The Bertz CT molecular complexity index is 1310. The zero-order valence-electron chi connectivity index (χ0n) is 33.2. The highest BCUT2D eigenvalue weighted by molar-refractivity contribution is 5.19. The van der Waals surface area contributed by atoms with E-state index in [-0.39, 0.29) is 52.8 Å². The van der Waals surface area contributed by atoms with Crippen LogP contribution in [0.4, 0.5) is 0 Å². The lowest BCUT2D eigenvalue weighted by Crippen LogP contribution is -2.67. The molecule has 54 heavy (non-hydrogen) atoms. The fourth-order valence-electron chi connectivity index (χ4n) is 13.0. The fraction of sp³-hybridized carbons (Fsp3) is 0.951. The van der Waals surface area contributed by atoms with E-state index in [0.717, 1.165) is 51.4 Å². The van der Waals surface area contributed by atoms with Gasteiger partial charge >= 0.3 is 0 Å². The first-order chi connectivity index (χ1) is 25.4. The standard InChI is InChI=1S/C41H70O13/c1-21(2)8-7-9-24(51-36-34(49)32(47)30(45)25(18-42)52-36)22-12-15-39(5)23(22)10-11-28-40(39,6)16-13-27-38(3,4)29(14-17-41(27,28)20-44)54-37-35(50)33(48)31(46)26(19-43)53-37/h8,22-37,42-50H,7,9-20H2,1-6H3/t22?,23?,24?,25-,26-,27?,28?,29?,30-,31-,32+,33+,34-,35-,36-,37+,39?,40?,41?/m1/s1. The number of hydrogen-bond acceptors (Lipinski definition) is 13. The van der Waals surface area contributed by atoms with Crippen LogP contribution >= 0.6 is 0 Å². The number of allylic oxidation sites excluding steroid dienone is 2. The Hall–Kier alpha value is -0.780. The summed E-state index contributed by atoms with van der Waals surface area (Å²) in [5, 5.41) is 94.6. The van der Waals surface area contributed by atoms with Gasteiger partial charge in [0.05, 0.1) is 25.4 Å². The van der Waals surface area contributed by atoms with Crippen LogP contribution in [0.3, 0.4) is 0 Å². The van der Waals surface area contributed by atoms with E-state index < -0.39 is 80.0 Å². The van der Waals surface area contributed by atoms with Gasteiger partial charge in [0.15, 0.2) is 12.6 Å². The molecule has 13 nitrogen and oxygen atoms in total. The summed E-state index contributed by atoms with van der Waals surface area (Å²) in [7, 11) is 0. The summed E-state index contributed by atoms with van der Waals surface area (Å²) in [6.45, 7) is 12.4. The van der Waals surface area contributed by atoms with Crippen molar-refractivity contribution in [2.24, 2.45) is 45.3 Å². The normalized spacial score (nSPS) is 50.8. The molecule has 9 unspecified atom stereocenters. The molecular formula is C41H70O13. The lowest BCUT2D eigenvalue weighted by atomic mass is 9.35. The van der Waals surface area contributed by atoms with Gasteiger partial charge in [0.1, 0.15) is 48.8 Å². The number of aliphatic hydroxyl groups excluding tert-OH is 9. The molecule has 0 radical (unpaired) electrons. The average molecular weight is 771 g/mol. The second-order valence-corrected chi connectivity index (χ2v) is 19.2. The Morgan fingerprint density at radius 3 is 1.87 bits per heavy atom. The van der Waals surface area contributed by atoms with Gasteiger partial charge in [-0.05, 0) is 118 Å². The molecule has 0 aromatic rings. The van der Waals surface area contributed by atoms with Crippen molar-refractivity contribution in [3.05, 3.63) is 11.6 Å². The number of aliphatic hydroxyl groups is 9. The van der Waals surface area contributed by atoms with Crippen molar-refractivity contribution in [3.8, 4) is 0 Å². The lowest BCUT2D eigenvalue weighted by molar-refractivity contribution is -0.333. The van der Waals surface area contributed by atoms with Crippen molar-refractivity contribution in [1.82, 2.24) is 0 Å². The van der Waals surface area contributed by atoms with Crippen molar-refractivity contribution in [1.29, 1.82) is 0 Å². The highest BCUT2D eigenvalue weighted by Gasteiger charge is 2.70. The summed E-state index contributed by atoms with van der Waals surface area (Å²) >= 11 is 0. The molecule has 4 aliphatic carbocycles. The van der Waals surface area contributed by atoms with Gasteiger partial charge in [0, 0.05) is 12.0 Å². The maximum absolute atomic E-state index is 11.5. The van der Waals surface area contributed by atoms with Gasteiger partial charge in [0.25, 0.3) is 0 Å². The van der Waals surface area contributed by atoms with E-state index >= 15 is 0 Å². The van der Waals surface area contributed by atoms with Crippen molar-refractivity contribution in [3.63, 3.8) is 0 Å². The van der Waals surface area contributed by atoms with Gasteiger partial charge < -0.3 is 64.9 Å². The Kier molecular flexibility index (Phi) is 12.8. The highest BCUT2D eigenvalue weighted by atomic mass is 16.7. The quantitative estimate of drug-likeness (QED) is 0.108. The maximum atomic E-state index is 11.5. The van der Waals surface area contributed by atoms with Crippen LogP contribution in [-0.4, -0.2) is 139 Å². The lowest BCUT2D eigenvalue weighted by Gasteiger charge is -2.70. The van der Waals surface area contributed by atoms with E-state index in [2.05, 4.69) is 47.6 Å². The summed E-state index contributed by atoms with van der Waals surface area (Å²) < 4.78 is 24.7. The van der Waals surface area contributed by atoms with Crippen LogP contribution in [0.1, 0.15) is 106 Å². The first-order valence-electron chi connectivity index (χ1n) is 20.6. The molecule has 0 aromatic carbocycles. The van der Waals surface area contributed by atoms with Crippen molar-refractivity contribution < 1.29 is 64.9 Å². The topological polar surface area (TPSA) is 219 Å². The summed E-state index contributed by atoms with van der Waals surface area (Å²) in [4.78, 5) is 0. The highest BCUT2D eigenvalue weighted by Crippen LogP contribution is 2.75. The Labute approximate surface area is 320 Å². The van der Waals surface area contributed by atoms with Gasteiger partial charge in [0.2, 0.25) is 0 Å². The summed E-state index contributed by atoms with van der Waals surface area (Å²) in [6, 6.07) is 0. The van der Waals surface area contributed by atoms with Crippen LogP contribution in [0.25, 0.3) is 0 Å². The minimum atomic E-state index is -1.51. The molecule has 0 bridgehead atoms. The molecule has 2 heterocycles. The third-order valence-corrected chi connectivity index (χ3v) is 16.2. The predicted octanol–water partition coefficient (Wildman–Crippen LogP) is 1.76. The van der Waals surface area contributed by atoms with Gasteiger partial charge in [-0.25, -0.2) is 0 Å². The average Bonchev–Trinajstić information content (AvgIpc) is 3.49. The van der Waals surface area contributed by atoms with E-state index in [9.17, 15) is 46.0 Å². The number of ether oxygens (including phenoxy) is 4. The number of rotatable bonds is 11. The van der Waals surface area contributed by atoms with E-state index in [4.69, 9.17) is 18.9 Å². The second kappa shape index (κ2) is 16.1. The van der Waals surface area contributed by atoms with Crippen LogP contribution in [0, 0.1) is 45.3 Å². The van der Waals surface area contributed by atoms with Crippen LogP contribution in [0.15, 0.2) is 11.6 Å². The fourth-order valence-corrected chi connectivity index (χ4v) is 13.0. The molecule has 9 N–H and O–H groups in total. The molecule has 6 fully saturated rings. The summed E-state index contributed by atoms with van der Waals surface area (Å²) in [5.74, 6) is 0.830. The van der Waals surface area contributed by atoms with Gasteiger partial charge in [-0.2, -0.15) is 0 Å². The smallest absolute Gasteiger partial charge is 0.186 e. The molecule has 0 amide bonds. The molecule has 312 valence electrons. The third-order valence-electron chi connectivity index (χ3n) is 16.2. The molecular weight excluding hydrogens is 700 g/mol. The second-order valence-electron chi connectivity index (χ2n) is 19.2. The molecule has 6 rings (SSSR count).